The summed E-state index contributed by atoms with van der Waals surface area (Å²) in [4.78, 5) is 34.1. The van der Waals surface area contributed by atoms with Crippen molar-refractivity contribution in [3.8, 4) is 5.75 Å². The maximum absolute atomic E-state index is 13.5. The van der Waals surface area contributed by atoms with Crippen LogP contribution < -0.4 is 15.1 Å². The molecule has 0 bridgehead atoms. The smallest absolute Gasteiger partial charge is 0.291 e. The molecule has 1 N–H and O–H groups in total. The second-order valence-electron chi connectivity index (χ2n) is 7.83. The highest BCUT2D eigenvalue weighted by molar-refractivity contribution is 5.99. The number of nitrogens with zero attached hydrogens (tertiary/aromatic N) is 2. The van der Waals surface area contributed by atoms with E-state index >= 15 is 0 Å². The summed E-state index contributed by atoms with van der Waals surface area (Å²) in [5.41, 5.74) is 1.41. The summed E-state index contributed by atoms with van der Waals surface area (Å²) >= 11 is 0. The number of fused-ring (bicyclic) bond motifs is 2. The Morgan fingerprint density at radius 3 is 2.68 bits per heavy atom. The van der Waals surface area contributed by atoms with E-state index in [-0.39, 0.29) is 17.1 Å². The molecule has 2 aliphatic rings. The second kappa shape index (κ2) is 8.13. The molecular weight excluding hydrogens is 398 g/mol. The van der Waals surface area contributed by atoms with Crippen molar-refractivity contribution in [1.82, 2.24) is 9.88 Å². The van der Waals surface area contributed by atoms with E-state index in [4.69, 9.17) is 13.9 Å². The summed E-state index contributed by atoms with van der Waals surface area (Å²) < 4.78 is 16.7. The number of quaternary nitrogens is 1. The predicted octanol–water partition coefficient (Wildman–Crippen LogP) is 0.657. The summed E-state index contributed by atoms with van der Waals surface area (Å²) in [5, 5.41) is 0.437. The minimum Gasteiger partial charge on any atom is -0.497 e. The Balaban J connectivity index is 1.59. The third-order valence-electron chi connectivity index (χ3n) is 6.10. The van der Waals surface area contributed by atoms with Crippen LogP contribution in [0.1, 0.15) is 27.7 Å². The quantitative estimate of drug-likeness (QED) is 0.650. The van der Waals surface area contributed by atoms with Crippen molar-refractivity contribution in [3.63, 3.8) is 0 Å². The molecule has 31 heavy (non-hydrogen) atoms. The third kappa shape index (κ3) is 3.47. The van der Waals surface area contributed by atoms with Crippen molar-refractivity contribution >= 4 is 16.9 Å². The highest BCUT2D eigenvalue weighted by atomic mass is 16.5. The highest BCUT2D eigenvalue weighted by Crippen LogP contribution is 2.37. The lowest BCUT2D eigenvalue weighted by Gasteiger charge is -2.29. The first-order chi connectivity index (χ1) is 15.2. The van der Waals surface area contributed by atoms with E-state index in [1.165, 1.54) is 4.90 Å². The Hall–Kier alpha value is -3.23. The predicted molar refractivity (Wildman–Crippen MR) is 113 cm³/mol. The molecule has 8 heteroatoms. The summed E-state index contributed by atoms with van der Waals surface area (Å²) in [6, 6.07) is 8.26. The lowest BCUT2D eigenvalue weighted by atomic mass is 9.99. The first kappa shape index (κ1) is 19.7. The number of morpholine rings is 1. The molecule has 8 nitrogen and oxygen atoms in total. The van der Waals surface area contributed by atoms with Gasteiger partial charge in [-0.3, -0.25) is 14.6 Å². The van der Waals surface area contributed by atoms with Crippen LogP contribution in [-0.2, 0) is 4.74 Å². The van der Waals surface area contributed by atoms with Gasteiger partial charge in [0.25, 0.3) is 5.91 Å². The Labute approximate surface area is 179 Å². The van der Waals surface area contributed by atoms with E-state index in [0.29, 0.717) is 28.8 Å². The lowest BCUT2D eigenvalue weighted by molar-refractivity contribution is -0.907. The fourth-order valence-electron chi connectivity index (χ4n) is 4.44. The summed E-state index contributed by atoms with van der Waals surface area (Å²) in [6.45, 7) is 4.58. The van der Waals surface area contributed by atoms with Crippen molar-refractivity contribution in [2.75, 3.05) is 46.5 Å². The van der Waals surface area contributed by atoms with Crippen LogP contribution >= 0.6 is 0 Å². The number of nitrogens with one attached hydrogen (secondary N) is 1. The largest absolute Gasteiger partial charge is 0.497 e. The van der Waals surface area contributed by atoms with Crippen LogP contribution in [0.2, 0.25) is 0 Å². The monoisotopic (exact) mass is 422 g/mol. The van der Waals surface area contributed by atoms with Gasteiger partial charge in [0.1, 0.15) is 24.4 Å². The second-order valence-corrected chi connectivity index (χ2v) is 7.83. The number of ether oxygens (including phenoxy) is 2. The fourth-order valence-corrected chi connectivity index (χ4v) is 4.44. The maximum Gasteiger partial charge on any atom is 0.291 e. The number of hydrogen-bond acceptors (Lipinski definition) is 6. The van der Waals surface area contributed by atoms with E-state index in [9.17, 15) is 9.59 Å². The first-order valence-electron chi connectivity index (χ1n) is 10.4. The van der Waals surface area contributed by atoms with Gasteiger partial charge in [0, 0.05) is 18.5 Å². The zero-order valence-electron chi connectivity index (χ0n) is 17.3. The van der Waals surface area contributed by atoms with Gasteiger partial charge in [0.15, 0.2) is 5.43 Å². The van der Waals surface area contributed by atoms with E-state index in [1.807, 2.05) is 12.1 Å². The van der Waals surface area contributed by atoms with Crippen LogP contribution in [0.3, 0.4) is 0 Å². The Morgan fingerprint density at radius 1 is 1.16 bits per heavy atom. The van der Waals surface area contributed by atoms with Crippen LogP contribution in [0.4, 0.5) is 0 Å². The molecule has 1 amide bonds. The SMILES string of the molecule is COc1ccc2c(=O)c3c(oc2c1)C(=O)N(CC[NH+]1CCOCC1)[C@@H]3c1ccncc1. The fraction of sp³-hybridized carbons (Fsp3) is 0.348. The molecule has 5 rings (SSSR count). The van der Waals surface area contributed by atoms with Crippen molar-refractivity contribution in [3.05, 3.63) is 69.8 Å². The zero-order chi connectivity index (χ0) is 21.4. The van der Waals surface area contributed by atoms with Gasteiger partial charge < -0.3 is 23.7 Å². The molecule has 0 aliphatic carbocycles. The third-order valence-corrected chi connectivity index (χ3v) is 6.10. The van der Waals surface area contributed by atoms with Crippen LogP contribution in [0.15, 0.2) is 51.9 Å². The van der Waals surface area contributed by atoms with Crippen molar-refractivity contribution in [1.29, 1.82) is 0 Å². The van der Waals surface area contributed by atoms with Crippen LogP contribution in [0.25, 0.3) is 11.0 Å². The molecule has 2 aliphatic heterocycles. The molecule has 1 fully saturated rings. The number of amides is 1. The maximum atomic E-state index is 13.5. The van der Waals surface area contributed by atoms with Crippen LogP contribution in [0.5, 0.6) is 5.75 Å². The normalized spacial score (nSPS) is 19.1. The first-order valence-corrected chi connectivity index (χ1v) is 10.4. The number of pyridine rings is 1. The molecular formula is C23H24N3O5+. The molecule has 2 aromatic heterocycles. The number of hydrogen-bond donors (Lipinski definition) is 1. The Kier molecular flexibility index (Phi) is 5.17. The van der Waals surface area contributed by atoms with Crippen molar-refractivity contribution in [2.45, 2.75) is 6.04 Å². The van der Waals surface area contributed by atoms with Gasteiger partial charge in [-0.2, -0.15) is 0 Å². The minimum atomic E-state index is -0.492. The summed E-state index contributed by atoms with van der Waals surface area (Å²) in [5.74, 6) is 0.426. The molecule has 1 atom stereocenters. The molecule has 0 spiro atoms. The molecule has 0 unspecified atom stereocenters. The van der Waals surface area contributed by atoms with Crippen molar-refractivity contribution in [2.24, 2.45) is 0 Å². The van der Waals surface area contributed by atoms with E-state index < -0.39 is 6.04 Å². The van der Waals surface area contributed by atoms with E-state index in [1.54, 1.807) is 42.6 Å². The van der Waals surface area contributed by atoms with Gasteiger partial charge in [0.05, 0.1) is 50.4 Å². The van der Waals surface area contributed by atoms with Crippen LogP contribution in [-0.4, -0.2) is 62.3 Å². The molecule has 0 radical (unpaired) electrons. The zero-order valence-corrected chi connectivity index (χ0v) is 17.3. The van der Waals surface area contributed by atoms with Gasteiger partial charge in [0.2, 0.25) is 5.76 Å². The summed E-state index contributed by atoms with van der Waals surface area (Å²) in [7, 11) is 1.55. The number of carbonyl (C=O) groups excluding carboxylic acids is 1. The van der Waals surface area contributed by atoms with Gasteiger partial charge in [-0.25, -0.2) is 0 Å². The number of aromatic nitrogens is 1. The number of benzene rings is 1. The molecule has 3 aromatic rings. The molecule has 0 saturated carbocycles. The molecule has 1 saturated heterocycles. The van der Waals surface area contributed by atoms with Crippen LogP contribution in [0, 0.1) is 0 Å². The van der Waals surface area contributed by atoms with Gasteiger partial charge in [-0.05, 0) is 29.8 Å². The Morgan fingerprint density at radius 2 is 1.94 bits per heavy atom. The van der Waals surface area contributed by atoms with Gasteiger partial charge >= 0.3 is 0 Å². The molecule has 160 valence electrons. The van der Waals surface area contributed by atoms with Gasteiger partial charge in [-0.15, -0.1) is 0 Å². The minimum absolute atomic E-state index is 0.115. The topological polar surface area (TPSA) is 86.3 Å². The average molecular weight is 422 g/mol. The Bertz CT molecular complexity index is 1170. The standard InChI is InChI=1S/C23H23N3O5/c1-29-16-2-3-17-18(14-16)31-22-19(21(17)27)20(15-4-6-24-7-5-15)26(23(22)28)9-8-25-10-12-30-13-11-25/h2-7,14,20H,8-13H2,1H3/p+1/t20-/m1/s1. The number of rotatable bonds is 5. The highest BCUT2D eigenvalue weighted by Gasteiger charge is 2.43. The summed E-state index contributed by atoms with van der Waals surface area (Å²) in [6.07, 6.45) is 3.35. The molecule has 1 aromatic carbocycles. The lowest BCUT2D eigenvalue weighted by Crippen LogP contribution is -3.14. The van der Waals surface area contributed by atoms with E-state index in [0.717, 1.165) is 38.4 Å². The van der Waals surface area contributed by atoms with Crippen molar-refractivity contribution < 1.29 is 23.6 Å². The average Bonchev–Trinajstić information content (AvgIpc) is 3.10. The number of methoxy groups -OCH3 is 1. The van der Waals surface area contributed by atoms with E-state index in [2.05, 4.69) is 4.98 Å². The van der Waals surface area contributed by atoms with Gasteiger partial charge in [-0.1, -0.05) is 0 Å². The molecule has 4 heterocycles. The number of carbonyl (C=O) groups is 1.